The van der Waals surface area contributed by atoms with Gasteiger partial charge in [-0.25, -0.2) is 0 Å². The van der Waals surface area contributed by atoms with E-state index in [9.17, 15) is 13.2 Å². The van der Waals surface area contributed by atoms with Gasteiger partial charge < -0.3 is 5.73 Å². The lowest BCUT2D eigenvalue weighted by Crippen LogP contribution is -2.36. The van der Waals surface area contributed by atoms with Crippen molar-refractivity contribution in [3.05, 3.63) is 0 Å². The van der Waals surface area contributed by atoms with Gasteiger partial charge in [0.05, 0.1) is 6.54 Å². The molecule has 0 bridgehead atoms. The van der Waals surface area contributed by atoms with Crippen molar-refractivity contribution in [2.75, 3.05) is 13.1 Å². The Kier molecular flexibility index (Phi) is 5.05. The fourth-order valence-electron chi connectivity index (χ4n) is 1.84. The largest absolute Gasteiger partial charge is 0.401 e. The minimum atomic E-state index is -4.07. The molecule has 0 amide bonds. The SMILES string of the molecule is CC(N)CCCCN(CC(F)(F)F)C1CC1. The second-order valence-corrected chi connectivity index (χ2v) is 4.79. The maximum atomic E-state index is 12.3. The highest BCUT2D eigenvalue weighted by molar-refractivity contribution is 4.85. The molecule has 5 heteroatoms. The normalized spacial score (nSPS) is 19.1. The van der Waals surface area contributed by atoms with Crippen molar-refractivity contribution in [2.24, 2.45) is 5.73 Å². The fourth-order valence-corrected chi connectivity index (χ4v) is 1.84. The van der Waals surface area contributed by atoms with Crippen LogP contribution in [0.3, 0.4) is 0 Å². The van der Waals surface area contributed by atoms with E-state index in [1.54, 1.807) is 4.90 Å². The molecule has 0 aliphatic heterocycles. The molecule has 2 N–H and O–H groups in total. The molecule has 1 atom stereocenters. The molecule has 0 spiro atoms. The maximum Gasteiger partial charge on any atom is 0.401 e. The van der Waals surface area contributed by atoms with Gasteiger partial charge in [0.2, 0.25) is 0 Å². The van der Waals surface area contributed by atoms with E-state index in [0.29, 0.717) is 6.54 Å². The van der Waals surface area contributed by atoms with Crippen LogP contribution in [-0.4, -0.2) is 36.2 Å². The Bertz CT molecular complexity index is 200. The van der Waals surface area contributed by atoms with Crippen molar-refractivity contribution in [1.29, 1.82) is 0 Å². The van der Waals surface area contributed by atoms with E-state index in [1.165, 1.54) is 0 Å². The summed E-state index contributed by atoms with van der Waals surface area (Å²) >= 11 is 0. The second-order valence-electron chi connectivity index (χ2n) is 4.79. The molecule has 1 rings (SSSR count). The number of hydrogen-bond donors (Lipinski definition) is 1. The fraction of sp³-hybridized carbons (Fsp3) is 1.00. The summed E-state index contributed by atoms with van der Waals surface area (Å²) in [7, 11) is 0. The molecular formula is C11H21F3N2. The predicted octanol–water partition coefficient (Wildman–Crippen LogP) is 2.53. The van der Waals surface area contributed by atoms with Crippen molar-refractivity contribution in [1.82, 2.24) is 4.90 Å². The van der Waals surface area contributed by atoms with E-state index in [4.69, 9.17) is 5.73 Å². The molecule has 96 valence electrons. The first kappa shape index (κ1) is 13.8. The Morgan fingerprint density at radius 3 is 2.38 bits per heavy atom. The molecule has 0 aromatic heterocycles. The van der Waals surface area contributed by atoms with Crippen LogP contribution in [-0.2, 0) is 0 Å². The standard InChI is InChI=1S/C11H21F3N2/c1-9(15)4-2-3-7-16(10-5-6-10)8-11(12,13)14/h9-10H,2-8,15H2,1H3. The smallest absolute Gasteiger partial charge is 0.328 e. The Labute approximate surface area is 95.0 Å². The van der Waals surface area contributed by atoms with E-state index in [0.717, 1.165) is 32.1 Å². The number of nitrogens with two attached hydrogens (primary N) is 1. The molecule has 0 heterocycles. The molecule has 1 unspecified atom stereocenters. The van der Waals surface area contributed by atoms with E-state index in [1.807, 2.05) is 6.92 Å². The molecule has 0 aromatic carbocycles. The summed E-state index contributed by atoms with van der Waals surface area (Å²) in [6, 6.07) is 0.328. The van der Waals surface area contributed by atoms with Gasteiger partial charge in [0, 0.05) is 12.1 Å². The first-order valence-corrected chi connectivity index (χ1v) is 5.95. The first-order chi connectivity index (χ1) is 7.38. The molecule has 1 aliphatic rings. The summed E-state index contributed by atoms with van der Waals surface area (Å²) < 4.78 is 36.8. The van der Waals surface area contributed by atoms with Crippen molar-refractivity contribution >= 4 is 0 Å². The molecule has 1 fully saturated rings. The molecule has 1 aliphatic carbocycles. The summed E-state index contributed by atoms with van der Waals surface area (Å²) in [6.07, 6.45) is 0.397. The van der Waals surface area contributed by atoms with E-state index in [-0.39, 0.29) is 12.1 Å². The number of unbranched alkanes of at least 4 members (excludes halogenated alkanes) is 1. The van der Waals surface area contributed by atoms with Crippen LogP contribution < -0.4 is 5.73 Å². The third kappa shape index (κ3) is 6.33. The lowest BCUT2D eigenvalue weighted by Gasteiger charge is -2.23. The minimum Gasteiger partial charge on any atom is -0.328 e. The summed E-state index contributed by atoms with van der Waals surface area (Å²) in [5, 5.41) is 0. The van der Waals surface area contributed by atoms with E-state index < -0.39 is 12.7 Å². The highest BCUT2D eigenvalue weighted by atomic mass is 19.4. The van der Waals surface area contributed by atoms with Crippen LogP contribution in [0.2, 0.25) is 0 Å². The van der Waals surface area contributed by atoms with Gasteiger partial charge in [-0.05, 0) is 39.2 Å². The van der Waals surface area contributed by atoms with Crippen molar-refractivity contribution in [3.8, 4) is 0 Å². The molecule has 0 saturated heterocycles. The second kappa shape index (κ2) is 5.87. The number of nitrogens with zero attached hydrogens (tertiary/aromatic N) is 1. The Morgan fingerprint density at radius 1 is 1.31 bits per heavy atom. The number of alkyl halides is 3. The van der Waals surface area contributed by atoms with E-state index in [2.05, 4.69) is 0 Å². The third-order valence-corrected chi connectivity index (χ3v) is 2.80. The summed E-state index contributed by atoms with van der Waals surface area (Å²) in [5.41, 5.74) is 5.59. The van der Waals surface area contributed by atoms with Gasteiger partial charge in [0.25, 0.3) is 0 Å². The zero-order chi connectivity index (χ0) is 12.2. The van der Waals surface area contributed by atoms with Crippen molar-refractivity contribution in [3.63, 3.8) is 0 Å². The van der Waals surface area contributed by atoms with Crippen molar-refractivity contribution in [2.45, 2.75) is 57.3 Å². The third-order valence-electron chi connectivity index (χ3n) is 2.80. The van der Waals surface area contributed by atoms with Crippen LogP contribution in [0.4, 0.5) is 13.2 Å². The van der Waals surface area contributed by atoms with Crippen LogP contribution in [0.15, 0.2) is 0 Å². The van der Waals surface area contributed by atoms with Crippen LogP contribution in [0.5, 0.6) is 0 Å². The average molecular weight is 238 g/mol. The quantitative estimate of drug-likeness (QED) is 0.691. The van der Waals surface area contributed by atoms with Crippen LogP contribution in [0.25, 0.3) is 0 Å². The molecule has 1 saturated carbocycles. The van der Waals surface area contributed by atoms with E-state index >= 15 is 0 Å². The zero-order valence-electron chi connectivity index (χ0n) is 9.76. The monoisotopic (exact) mass is 238 g/mol. The van der Waals surface area contributed by atoms with Gasteiger partial charge >= 0.3 is 6.18 Å². The average Bonchev–Trinajstić information content (AvgIpc) is 2.90. The Balaban J connectivity index is 2.18. The molecule has 16 heavy (non-hydrogen) atoms. The van der Waals surface area contributed by atoms with Crippen LogP contribution in [0.1, 0.15) is 39.0 Å². The lowest BCUT2D eigenvalue weighted by molar-refractivity contribution is -0.147. The van der Waals surface area contributed by atoms with Gasteiger partial charge in [-0.15, -0.1) is 0 Å². The molecule has 2 nitrogen and oxygen atoms in total. The lowest BCUT2D eigenvalue weighted by atomic mass is 10.1. The van der Waals surface area contributed by atoms with Gasteiger partial charge in [-0.2, -0.15) is 13.2 Å². The van der Waals surface area contributed by atoms with Crippen molar-refractivity contribution < 1.29 is 13.2 Å². The highest BCUT2D eigenvalue weighted by Crippen LogP contribution is 2.30. The minimum absolute atomic E-state index is 0.150. The molecule has 0 aromatic rings. The highest BCUT2D eigenvalue weighted by Gasteiger charge is 2.37. The summed E-state index contributed by atoms with van der Waals surface area (Å²) in [5.74, 6) is 0. The number of rotatable bonds is 7. The number of hydrogen-bond acceptors (Lipinski definition) is 2. The topological polar surface area (TPSA) is 29.3 Å². The van der Waals surface area contributed by atoms with Gasteiger partial charge in [0.15, 0.2) is 0 Å². The Morgan fingerprint density at radius 2 is 1.94 bits per heavy atom. The van der Waals surface area contributed by atoms with Gasteiger partial charge in [-0.1, -0.05) is 6.42 Å². The zero-order valence-corrected chi connectivity index (χ0v) is 9.76. The maximum absolute atomic E-state index is 12.3. The number of halogens is 3. The Hall–Kier alpha value is -0.290. The summed E-state index contributed by atoms with van der Waals surface area (Å²) in [6.45, 7) is 1.72. The van der Waals surface area contributed by atoms with Gasteiger partial charge in [-0.3, -0.25) is 4.90 Å². The van der Waals surface area contributed by atoms with Crippen LogP contribution >= 0.6 is 0 Å². The van der Waals surface area contributed by atoms with Crippen LogP contribution in [0, 0.1) is 0 Å². The predicted molar refractivity (Wildman–Crippen MR) is 58.2 cm³/mol. The molecule has 0 radical (unpaired) electrons. The first-order valence-electron chi connectivity index (χ1n) is 5.95. The summed E-state index contributed by atoms with van der Waals surface area (Å²) in [4.78, 5) is 1.57. The molecular weight excluding hydrogens is 217 g/mol. The van der Waals surface area contributed by atoms with Gasteiger partial charge in [0.1, 0.15) is 0 Å².